The quantitative estimate of drug-likeness (QED) is 0.230. The molecule has 2 unspecified atom stereocenters. The molecule has 1 spiro atoms. The number of hydrogen-bond donors (Lipinski definition) is 7. The Kier molecular flexibility index (Phi) is 6.12. The molecule has 1 saturated carbocycles. The number of aliphatic carboxylic acids is 2. The normalized spacial score (nSPS) is 31.7. The van der Waals surface area contributed by atoms with E-state index in [4.69, 9.17) is 25.2 Å². The number of carboxylic acids is 2. The van der Waals surface area contributed by atoms with Crippen LogP contribution < -0.4 is 10.1 Å². The van der Waals surface area contributed by atoms with E-state index in [1.54, 1.807) is 30.3 Å². The second-order valence-corrected chi connectivity index (χ2v) is 11.0. The third-order valence-corrected chi connectivity index (χ3v) is 9.22. The number of rotatable bonds is 4. The smallest absolute Gasteiger partial charge is 0.335 e. The molecule has 7 N–H and O–H groups in total. The highest BCUT2D eigenvalue weighted by Gasteiger charge is 2.73. The molecule has 0 aromatic heterocycles. The number of phenolic OH excluding ortho intramolecular Hbond substituents is 1. The zero-order valence-corrected chi connectivity index (χ0v) is 21.6. The van der Waals surface area contributed by atoms with Crippen molar-refractivity contribution in [1.82, 2.24) is 10.2 Å². The first-order valence-corrected chi connectivity index (χ1v) is 13.2. The van der Waals surface area contributed by atoms with Crippen LogP contribution in [-0.2, 0) is 21.4 Å². The number of carboxylic acid groups (broad SMARTS) is 2. The maximum atomic E-state index is 13.3. The number of piperidine rings is 1. The van der Waals surface area contributed by atoms with Crippen molar-refractivity contribution in [3.8, 4) is 11.5 Å². The van der Waals surface area contributed by atoms with Crippen LogP contribution in [0.15, 0.2) is 36.4 Å². The number of hydrogen-bond acceptors (Lipinski definition) is 10. The molecule has 3 heterocycles. The highest BCUT2D eigenvalue weighted by molar-refractivity contribution is 6.21. The number of carbonyl (C=O) groups excluding carboxylic acids is 2. The summed E-state index contributed by atoms with van der Waals surface area (Å²) < 4.78 is 6.41. The van der Waals surface area contributed by atoms with E-state index in [1.807, 2.05) is 6.07 Å². The summed E-state index contributed by atoms with van der Waals surface area (Å²) >= 11 is 0. The van der Waals surface area contributed by atoms with Crippen molar-refractivity contribution in [2.45, 2.75) is 67.1 Å². The standard InChI is InChI=1S/C24H22N2O5.C4H6O6/c27-16-6-5-12-11-17-24(30)8-7-15(20-23(24,9-10-25-17)18(12)19(16)31-20)26-21(28)13-3-1-2-4-14(13)22(26)29;5-1(3(7)8)2(6)4(9)10/h1-6,15,17,20,25,27,30H,7-11H2;1-2,5-6H,(H,7,8)(H,9,10)/t15-,17-,20+,23+,24-;/m1./s1. The van der Waals surface area contributed by atoms with Crippen molar-refractivity contribution in [3.63, 3.8) is 0 Å². The van der Waals surface area contributed by atoms with Crippen LogP contribution in [0.2, 0.25) is 0 Å². The predicted octanol–water partition coefficient (Wildman–Crippen LogP) is -0.624. The maximum absolute atomic E-state index is 13.3. The third kappa shape index (κ3) is 3.56. The lowest BCUT2D eigenvalue weighted by Crippen LogP contribution is -2.78. The van der Waals surface area contributed by atoms with Gasteiger partial charge in [-0.1, -0.05) is 18.2 Å². The molecular formula is C28H28N2O11. The summed E-state index contributed by atoms with van der Waals surface area (Å²) in [5.74, 6) is -3.70. The minimum Gasteiger partial charge on any atom is -0.504 e. The van der Waals surface area contributed by atoms with Gasteiger partial charge in [-0.05, 0) is 56.0 Å². The molecule has 5 aliphatic rings. The lowest BCUT2D eigenvalue weighted by Gasteiger charge is -2.62. The summed E-state index contributed by atoms with van der Waals surface area (Å²) in [4.78, 5) is 47.4. The van der Waals surface area contributed by atoms with Crippen LogP contribution >= 0.6 is 0 Å². The molecular weight excluding hydrogens is 540 g/mol. The van der Waals surface area contributed by atoms with E-state index >= 15 is 0 Å². The molecule has 2 aliphatic carbocycles. The first-order chi connectivity index (χ1) is 19.4. The van der Waals surface area contributed by atoms with Gasteiger partial charge in [0.05, 0.1) is 28.2 Å². The first-order valence-electron chi connectivity index (χ1n) is 13.2. The number of imide groups is 1. The van der Waals surface area contributed by atoms with E-state index in [-0.39, 0.29) is 23.6 Å². The van der Waals surface area contributed by atoms with Gasteiger partial charge in [-0.3, -0.25) is 14.5 Å². The number of phenols is 1. The van der Waals surface area contributed by atoms with E-state index in [9.17, 15) is 29.4 Å². The number of aliphatic hydroxyl groups is 3. The van der Waals surface area contributed by atoms with Crippen molar-refractivity contribution in [2.75, 3.05) is 6.54 Å². The van der Waals surface area contributed by atoms with Gasteiger partial charge < -0.3 is 40.7 Å². The summed E-state index contributed by atoms with van der Waals surface area (Å²) in [7, 11) is 0. The monoisotopic (exact) mass is 568 g/mol. The van der Waals surface area contributed by atoms with Crippen LogP contribution in [0, 0.1) is 0 Å². The molecule has 2 amide bonds. The lowest BCUT2D eigenvalue weighted by molar-refractivity contribution is -0.165. The Morgan fingerprint density at radius 1 is 0.976 bits per heavy atom. The number of fused-ring (bicyclic) bond motifs is 1. The summed E-state index contributed by atoms with van der Waals surface area (Å²) in [6.45, 7) is 0.705. The largest absolute Gasteiger partial charge is 0.504 e. The molecule has 13 nitrogen and oxygen atoms in total. The van der Waals surface area contributed by atoms with Gasteiger partial charge in [0.1, 0.15) is 6.10 Å². The molecule has 2 bridgehead atoms. The third-order valence-electron chi connectivity index (χ3n) is 9.22. The molecule has 3 aliphatic heterocycles. The van der Waals surface area contributed by atoms with Crippen molar-refractivity contribution in [1.29, 1.82) is 0 Å². The van der Waals surface area contributed by atoms with Crippen LogP contribution in [0.1, 0.15) is 51.1 Å². The van der Waals surface area contributed by atoms with Gasteiger partial charge in [-0.15, -0.1) is 0 Å². The minimum absolute atomic E-state index is 0.0444. The second-order valence-electron chi connectivity index (χ2n) is 11.0. The second kappa shape index (κ2) is 9.24. The van der Waals surface area contributed by atoms with Gasteiger partial charge >= 0.3 is 11.9 Å². The molecule has 2 aromatic carbocycles. The van der Waals surface area contributed by atoms with E-state index in [0.717, 1.165) is 11.1 Å². The van der Waals surface area contributed by atoms with Gasteiger partial charge in [-0.2, -0.15) is 0 Å². The fraction of sp³-hybridized carbons (Fsp3) is 0.429. The molecule has 7 rings (SSSR count). The van der Waals surface area contributed by atoms with Gasteiger partial charge in [-0.25, -0.2) is 9.59 Å². The van der Waals surface area contributed by atoms with E-state index in [2.05, 4.69) is 5.32 Å². The van der Waals surface area contributed by atoms with Crippen molar-refractivity contribution >= 4 is 23.8 Å². The van der Waals surface area contributed by atoms with Crippen LogP contribution in [0.5, 0.6) is 11.5 Å². The number of benzene rings is 2. The first kappa shape index (κ1) is 27.1. The van der Waals surface area contributed by atoms with Crippen LogP contribution in [-0.4, -0.2) is 102 Å². The number of amides is 2. The SMILES string of the molecule is O=C(O)C(O)C(O)C(=O)O.O=C1c2ccccc2C(=O)N1[C@@H]1CC[C@@]2(O)[C@H]3Cc4ccc(O)c5c4[C@@]2(CCN3)[C@H]1O5. The van der Waals surface area contributed by atoms with Crippen LogP contribution in [0.4, 0.5) is 0 Å². The fourth-order valence-corrected chi connectivity index (χ4v) is 7.46. The Bertz CT molecular complexity index is 1440. The molecule has 41 heavy (non-hydrogen) atoms. The predicted molar refractivity (Wildman–Crippen MR) is 137 cm³/mol. The van der Waals surface area contributed by atoms with Gasteiger partial charge in [0.25, 0.3) is 11.8 Å². The minimum atomic E-state index is -2.27. The number of aromatic hydroxyl groups is 1. The van der Waals surface area contributed by atoms with Gasteiger partial charge in [0.15, 0.2) is 23.7 Å². The average Bonchev–Trinajstić information content (AvgIpc) is 3.42. The fourth-order valence-electron chi connectivity index (χ4n) is 7.46. The molecule has 0 radical (unpaired) electrons. The molecule has 1 saturated heterocycles. The summed E-state index contributed by atoms with van der Waals surface area (Å²) in [5, 5.41) is 58.7. The van der Waals surface area contributed by atoms with Gasteiger partial charge in [0, 0.05) is 11.6 Å². The van der Waals surface area contributed by atoms with Gasteiger partial charge in [0.2, 0.25) is 0 Å². The lowest BCUT2D eigenvalue weighted by atomic mass is 9.48. The highest BCUT2D eigenvalue weighted by atomic mass is 16.5. The molecule has 7 atom stereocenters. The maximum Gasteiger partial charge on any atom is 0.335 e. The van der Waals surface area contributed by atoms with E-state index < -0.39 is 47.3 Å². The summed E-state index contributed by atoms with van der Waals surface area (Å²) in [5.41, 5.74) is 0.938. The Balaban J connectivity index is 0.000000262. The number of ether oxygens (including phenoxy) is 1. The molecule has 216 valence electrons. The van der Waals surface area contributed by atoms with Crippen molar-refractivity contribution < 1.29 is 54.6 Å². The summed E-state index contributed by atoms with van der Waals surface area (Å²) in [6.07, 6.45) is -2.94. The van der Waals surface area contributed by atoms with E-state index in [1.165, 1.54) is 4.90 Å². The van der Waals surface area contributed by atoms with Crippen molar-refractivity contribution in [3.05, 3.63) is 58.7 Å². The molecule has 13 heteroatoms. The Hall–Kier alpha value is -4.04. The zero-order chi connectivity index (χ0) is 29.4. The Morgan fingerprint density at radius 3 is 2.17 bits per heavy atom. The number of nitrogens with zero attached hydrogens (tertiary/aromatic N) is 1. The Morgan fingerprint density at radius 2 is 1.59 bits per heavy atom. The topological polar surface area (TPSA) is 214 Å². The van der Waals surface area contributed by atoms with Crippen LogP contribution in [0.3, 0.4) is 0 Å². The molecule has 2 fully saturated rings. The summed E-state index contributed by atoms with van der Waals surface area (Å²) in [6, 6.07) is 9.80. The van der Waals surface area contributed by atoms with E-state index in [0.29, 0.717) is 49.1 Å². The highest BCUT2D eigenvalue weighted by Crippen LogP contribution is 2.64. The Labute approximate surface area is 232 Å². The number of nitrogens with one attached hydrogen (secondary N) is 1. The molecule has 2 aromatic rings. The number of carbonyl (C=O) groups is 4. The van der Waals surface area contributed by atoms with Crippen LogP contribution in [0.25, 0.3) is 0 Å². The average molecular weight is 569 g/mol. The zero-order valence-electron chi connectivity index (χ0n) is 21.6. The van der Waals surface area contributed by atoms with Crippen molar-refractivity contribution in [2.24, 2.45) is 0 Å². The number of aliphatic hydroxyl groups excluding tert-OH is 2.